The fourth-order valence-electron chi connectivity index (χ4n) is 1.29. The fourth-order valence-corrected chi connectivity index (χ4v) is 1.29. The van der Waals surface area contributed by atoms with E-state index in [1.165, 1.54) is 12.1 Å². The first-order valence-electron chi connectivity index (χ1n) is 5.33. The van der Waals surface area contributed by atoms with Crippen molar-refractivity contribution in [3.63, 3.8) is 0 Å². The highest BCUT2D eigenvalue weighted by molar-refractivity contribution is 5.25. The second-order valence-electron chi connectivity index (χ2n) is 3.89. The van der Waals surface area contributed by atoms with Gasteiger partial charge in [-0.05, 0) is 25.0 Å². The van der Waals surface area contributed by atoms with E-state index in [0.29, 0.717) is 18.2 Å². The van der Waals surface area contributed by atoms with Gasteiger partial charge in [0, 0.05) is 12.6 Å². The van der Waals surface area contributed by atoms with Crippen LogP contribution in [-0.2, 0) is 12.7 Å². The Hall–Kier alpha value is -1.03. The van der Waals surface area contributed by atoms with Crippen LogP contribution in [0.25, 0.3) is 0 Å². The summed E-state index contributed by atoms with van der Waals surface area (Å²) in [5, 5.41) is 3.16. The van der Waals surface area contributed by atoms with Crippen molar-refractivity contribution in [3.05, 3.63) is 35.4 Å². The van der Waals surface area contributed by atoms with Crippen LogP contribution in [0.2, 0.25) is 0 Å². The van der Waals surface area contributed by atoms with Crippen molar-refractivity contribution < 1.29 is 13.2 Å². The van der Waals surface area contributed by atoms with Gasteiger partial charge >= 0.3 is 6.18 Å². The van der Waals surface area contributed by atoms with Gasteiger partial charge in [0.2, 0.25) is 0 Å². The predicted octanol–water partition coefficient (Wildman–Crippen LogP) is 3.59. The van der Waals surface area contributed by atoms with Gasteiger partial charge in [-0.15, -0.1) is 0 Å². The van der Waals surface area contributed by atoms with E-state index in [2.05, 4.69) is 5.32 Å². The minimum absolute atomic E-state index is 0.314. The molecule has 0 aliphatic rings. The summed E-state index contributed by atoms with van der Waals surface area (Å²) in [5.41, 5.74) is 0.0751. The Morgan fingerprint density at radius 1 is 1.31 bits per heavy atom. The zero-order valence-corrected chi connectivity index (χ0v) is 9.43. The molecule has 16 heavy (non-hydrogen) atoms. The van der Waals surface area contributed by atoms with Crippen LogP contribution in [0.3, 0.4) is 0 Å². The Bertz CT molecular complexity index is 333. The summed E-state index contributed by atoms with van der Waals surface area (Å²) >= 11 is 0. The van der Waals surface area contributed by atoms with Crippen LogP contribution in [0.1, 0.15) is 31.4 Å². The van der Waals surface area contributed by atoms with Gasteiger partial charge in [-0.25, -0.2) is 0 Å². The molecule has 1 aromatic carbocycles. The molecule has 0 fully saturated rings. The third-order valence-corrected chi connectivity index (χ3v) is 2.52. The molecular weight excluding hydrogens is 215 g/mol. The lowest BCUT2D eigenvalue weighted by Crippen LogP contribution is -2.24. The molecular formula is C12H16F3N. The number of nitrogens with one attached hydrogen (secondary N) is 1. The molecule has 0 saturated heterocycles. The standard InChI is InChI=1S/C12H16F3N/c1-3-9(2)16-8-10-5-4-6-11(7-10)12(13,14)15/h4-7,9,16H,3,8H2,1-2H3/t9-/m1/s1. The van der Waals surface area contributed by atoms with Crippen molar-refractivity contribution >= 4 is 0 Å². The van der Waals surface area contributed by atoms with E-state index in [1.54, 1.807) is 6.07 Å². The predicted molar refractivity (Wildman–Crippen MR) is 58.0 cm³/mol. The molecule has 0 unspecified atom stereocenters. The van der Waals surface area contributed by atoms with Gasteiger partial charge in [-0.1, -0.05) is 25.1 Å². The van der Waals surface area contributed by atoms with Crippen LogP contribution in [0.4, 0.5) is 13.2 Å². The van der Waals surface area contributed by atoms with Crippen molar-refractivity contribution in [2.75, 3.05) is 0 Å². The summed E-state index contributed by atoms with van der Waals surface area (Å²) in [7, 11) is 0. The number of benzene rings is 1. The van der Waals surface area contributed by atoms with Crippen LogP contribution < -0.4 is 5.32 Å². The lowest BCUT2D eigenvalue weighted by molar-refractivity contribution is -0.137. The zero-order valence-electron chi connectivity index (χ0n) is 9.43. The van der Waals surface area contributed by atoms with E-state index in [1.807, 2.05) is 13.8 Å². The maximum atomic E-state index is 12.4. The van der Waals surface area contributed by atoms with E-state index in [-0.39, 0.29) is 0 Å². The molecule has 0 saturated carbocycles. The molecule has 1 atom stereocenters. The summed E-state index contributed by atoms with van der Waals surface area (Å²) in [6, 6.07) is 5.73. The molecule has 1 N–H and O–H groups in total. The number of hydrogen-bond acceptors (Lipinski definition) is 1. The third-order valence-electron chi connectivity index (χ3n) is 2.52. The summed E-state index contributed by atoms with van der Waals surface area (Å²) in [6.45, 7) is 4.51. The minimum Gasteiger partial charge on any atom is -0.310 e. The lowest BCUT2D eigenvalue weighted by Gasteiger charge is -2.12. The summed E-state index contributed by atoms with van der Waals surface area (Å²) < 4.78 is 37.2. The Kier molecular flexibility index (Phi) is 4.35. The first kappa shape index (κ1) is 13.0. The van der Waals surface area contributed by atoms with Crippen molar-refractivity contribution in [3.8, 4) is 0 Å². The van der Waals surface area contributed by atoms with E-state index < -0.39 is 11.7 Å². The summed E-state index contributed by atoms with van der Waals surface area (Å²) in [6.07, 6.45) is -3.30. The molecule has 4 heteroatoms. The van der Waals surface area contributed by atoms with Gasteiger partial charge in [0.1, 0.15) is 0 Å². The first-order valence-corrected chi connectivity index (χ1v) is 5.33. The minimum atomic E-state index is -4.26. The van der Waals surface area contributed by atoms with Gasteiger partial charge < -0.3 is 5.32 Å². The van der Waals surface area contributed by atoms with Crippen LogP contribution in [-0.4, -0.2) is 6.04 Å². The fraction of sp³-hybridized carbons (Fsp3) is 0.500. The molecule has 1 rings (SSSR count). The molecule has 0 heterocycles. The second-order valence-corrected chi connectivity index (χ2v) is 3.89. The van der Waals surface area contributed by atoms with Gasteiger partial charge in [-0.2, -0.15) is 13.2 Å². The maximum Gasteiger partial charge on any atom is 0.416 e. The Morgan fingerprint density at radius 3 is 2.56 bits per heavy atom. The van der Waals surface area contributed by atoms with Crippen molar-refractivity contribution in [1.29, 1.82) is 0 Å². The van der Waals surface area contributed by atoms with Gasteiger partial charge in [0.15, 0.2) is 0 Å². The van der Waals surface area contributed by atoms with E-state index in [0.717, 1.165) is 12.5 Å². The molecule has 0 spiro atoms. The summed E-state index contributed by atoms with van der Waals surface area (Å²) in [4.78, 5) is 0. The average molecular weight is 231 g/mol. The number of hydrogen-bond donors (Lipinski definition) is 1. The first-order chi connectivity index (χ1) is 7.43. The van der Waals surface area contributed by atoms with Crippen molar-refractivity contribution in [1.82, 2.24) is 5.32 Å². The van der Waals surface area contributed by atoms with Crippen LogP contribution in [0, 0.1) is 0 Å². The number of halogens is 3. The maximum absolute atomic E-state index is 12.4. The second kappa shape index (κ2) is 5.34. The molecule has 1 aromatic rings. The van der Waals surface area contributed by atoms with Crippen LogP contribution >= 0.6 is 0 Å². The third kappa shape index (κ3) is 3.85. The smallest absolute Gasteiger partial charge is 0.310 e. The van der Waals surface area contributed by atoms with Crippen molar-refractivity contribution in [2.45, 2.75) is 39.0 Å². The Balaban J connectivity index is 2.68. The monoisotopic (exact) mass is 231 g/mol. The Labute approximate surface area is 93.7 Å². The molecule has 0 bridgehead atoms. The highest BCUT2D eigenvalue weighted by Gasteiger charge is 2.30. The van der Waals surface area contributed by atoms with Gasteiger partial charge in [0.05, 0.1) is 5.56 Å². The SMILES string of the molecule is CC[C@@H](C)NCc1cccc(C(F)(F)F)c1. The lowest BCUT2D eigenvalue weighted by atomic mass is 10.1. The number of alkyl halides is 3. The van der Waals surface area contributed by atoms with E-state index in [4.69, 9.17) is 0 Å². The average Bonchev–Trinajstić information content (AvgIpc) is 2.25. The van der Waals surface area contributed by atoms with Crippen LogP contribution in [0.15, 0.2) is 24.3 Å². The molecule has 0 aromatic heterocycles. The highest BCUT2D eigenvalue weighted by atomic mass is 19.4. The normalized spacial score (nSPS) is 13.8. The molecule has 0 aliphatic carbocycles. The van der Waals surface area contributed by atoms with Crippen molar-refractivity contribution in [2.24, 2.45) is 0 Å². The van der Waals surface area contributed by atoms with E-state index in [9.17, 15) is 13.2 Å². The van der Waals surface area contributed by atoms with Gasteiger partial charge in [-0.3, -0.25) is 0 Å². The molecule has 0 amide bonds. The molecule has 0 radical (unpaired) electrons. The van der Waals surface area contributed by atoms with Gasteiger partial charge in [0.25, 0.3) is 0 Å². The summed E-state index contributed by atoms with van der Waals surface area (Å²) in [5.74, 6) is 0. The van der Waals surface area contributed by atoms with Crippen LogP contribution in [0.5, 0.6) is 0 Å². The largest absolute Gasteiger partial charge is 0.416 e. The zero-order chi connectivity index (χ0) is 12.2. The molecule has 90 valence electrons. The molecule has 1 nitrogen and oxygen atoms in total. The topological polar surface area (TPSA) is 12.0 Å². The van der Waals surface area contributed by atoms with E-state index >= 15 is 0 Å². The Morgan fingerprint density at radius 2 is 2.00 bits per heavy atom. The number of rotatable bonds is 4. The highest BCUT2D eigenvalue weighted by Crippen LogP contribution is 2.29. The molecule has 0 aliphatic heterocycles. The quantitative estimate of drug-likeness (QED) is 0.835.